The van der Waals surface area contributed by atoms with Crippen LogP contribution in [0.25, 0.3) is 0 Å². The molecule has 1 aromatic carbocycles. The lowest BCUT2D eigenvalue weighted by Gasteiger charge is -2.18. The number of ether oxygens (including phenoxy) is 4. The maximum Gasteiger partial charge on any atom is 0.347 e. The molecular formula is C23H26N2O7. The summed E-state index contributed by atoms with van der Waals surface area (Å²) in [6.45, 7) is 3.52. The van der Waals surface area contributed by atoms with Crippen LogP contribution < -0.4 is 14.2 Å². The number of hydrazone groups is 1. The van der Waals surface area contributed by atoms with Crippen molar-refractivity contribution in [2.24, 2.45) is 28.8 Å². The van der Waals surface area contributed by atoms with Gasteiger partial charge in [-0.1, -0.05) is 12.2 Å². The molecular weight excluding hydrogens is 416 g/mol. The average Bonchev–Trinajstić information content (AvgIpc) is 3.47. The summed E-state index contributed by atoms with van der Waals surface area (Å²) >= 11 is 0. The molecule has 2 amide bonds. The Morgan fingerprint density at radius 1 is 1.12 bits per heavy atom. The fraction of sp³-hybridized carbons (Fsp3) is 0.478. The summed E-state index contributed by atoms with van der Waals surface area (Å²) in [5, 5.41) is 5.16. The van der Waals surface area contributed by atoms with Crippen molar-refractivity contribution in [3.8, 4) is 17.2 Å². The van der Waals surface area contributed by atoms with Gasteiger partial charge in [0.2, 0.25) is 5.75 Å². The van der Waals surface area contributed by atoms with Crippen LogP contribution in [0.2, 0.25) is 0 Å². The number of carbonyl (C=O) groups excluding carboxylic acids is 3. The molecule has 32 heavy (non-hydrogen) atoms. The third kappa shape index (κ3) is 3.61. The van der Waals surface area contributed by atoms with Crippen LogP contribution in [0.1, 0.15) is 25.8 Å². The molecule has 0 radical (unpaired) electrons. The molecule has 0 aromatic heterocycles. The van der Waals surface area contributed by atoms with E-state index < -0.39 is 12.1 Å². The number of hydrogen-bond acceptors (Lipinski definition) is 8. The van der Waals surface area contributed by atoms with Gasteiger partial charge in [0.1, 0.15) is 0 Å². The second-order valence-electron chi connectivity index (χ2n) is 8.00. The van der Waals surface area contributed by atoms with Crippen molar-refractivity contribution in [3.05, 3.63) is 29.8 Å². The summed E-state index contributed by atoms with van der Waals surface area (Å²) in [5.74, 6) is -0.539. The highest BCUT2D eigenvalue weighted by Crippen LogP contribution is 2.52. The maximum absolute atomic E-state index is 12.8. The lowest BCUT2D eigenvalue weighted by molar-refractivity contribution is -0.150. The van der Waals surface area contributed by atoms with Gasteiger partial charge in [0.15, 0.2) is 17.6 Å². The Labute approximate surface area is 185 Å². The van der Waals surface area contributed by atoms with E-state index in [1.165, 1.54) is 20.4 Å². The third-order valence-corrected chi connectivity index (χ3v) is 6.17. The standard InChI is InChI=1S/C23H26N2O7/c1-5-31-23(28)12(2)32-20-16(29-3)8-13(9-17(20)30-4)11-24-25-21(26)18-14-6-7-15(10-14)19(18)22(25)27/h6-9,11-12,14-15,18-19H,5,10H2,1-4H3/t12-,14+,15+,18-,19+/m1/s1. The molecule has 2 fully saturated rings. The molecule has 1 saturated heterocycles. The Balaban J connectivity index is 1.56. The zero-order chi connectivity index (χ0) is 23.0. The molecule has 2 bridgehead atoms. The van der Waals surface area contributed by atoms with E-state index in [-0.39, 0.29) is 47.8 Å². The first-order valence-electron chi connectivity index (χ1n) is 10.6. The number of fused-ring (bicyclic) bond motifs is 5. The molecule has 1 aliphatic heterocycles. The van der Waals surface area contributed by atoms with Gasteiger partial charge < -0.3 is 18.9 Å². The van der Waals surface area contributed by atoms with Crippen LogP contribution in [-0.4, -0.2) is 55.9 Å². The van der Waals surface area contributed by atoms with E-state index in [9.17, 15) is 14.4 Å². The highest BCUT2D eigenvalue weighted by molar-refractivity contribution is 6.06. The van der Waals surface area contributed by atoms with Gasteiger partial charge in [0.05, 0.1) is 38.9 Å². The van der Waals surface area contributed by atoms with Gasteiger partial charge in [-0.05, 0) is 44.2 Å². The number of rotatable bonds is 8. The lowest BCUT2D eigenvalue weighted by Crippen LogP contribution is -2.28. The SMILES string of the molecule is CCOC(=O)[C@@H](C)Oc1c(OC)cc(C=NN2C(=O)[C@@H]3[C@H](C2=O)[C@H]2C=C[C@H]3C2)cc1OC. The summed E-state index contributed by atoms with van der Waals surface area (Å²) in [6, 6.07) is 3.24. The number of imide groups is 1. The van der Waals surface area contributed by atoms with Gasteiger partial charge in [0.25, 0.3) is 11.8 Å². The minimum absolute atomic E-state index is 0.125. The molecule has 1 heterocycles. The highest BCUT2D eigenvalue weighted by Gasteiger charge is 2.59. The highest BCUT2D eigenvalue weighted by atomic mass is 16.6. The number of benzene rings is 1. The van der Waals surface area contributed by atoms with Crippen molar-refractivity contribution in [1.82, 2.24) is 5.01 Å². The largest absolute Gasteiger partial charge is 0.493 e. The van der Waals surface area contributed by atoms with Gasteiger partial charge >= 0.3 is 5.97 Å². The lowest BCUT2D eigenvalue weighted by atomic mass is 9.85. The van der Waals surface area contributed by atoms with Crippen LogP contribution in [0.5, 0.6) is 17.2 Å². The summed E-state index contributed by atoms with van der Waals surface area (Å²) in [6.07, 6.45) is 5.48. The maximum atomic E-state index is 12.8. The second-order valence-corrected chi connectivity index (χ2v) is 8.00. The van der Waals surface area contributed by atoms with Crippen LogP contribution in [0.4, 0.5) is 0 Å². The number of allylic oxidation sites excluding steroid dienone is 2. The predicted molar refractivity (Wildman–Crippen MR) is 113 cm³/mol. The first kappa shape index (κ1) is 21.9. The van der Waals surface area contributed by atoms with Crippen LogP contribution in [0, 0.1) is 23.7 Å². The first-order valence-corrected chi connectivity index (χ1v) is 10.6. The normalized spacial score (nSPS) is 26.6. The molecule has 1 saturated carbocycles. The van der Waals surface area contributed by atoms with Crippen molar-refractivity contribution in [2.75, 3.05) is 20.8 Å². The van der Waals surface area contributed by atoms with Gasteiger partial charge in [-0.2, -0.15) is 10.1 Å². The number of carbonyl (C=O) groups is 3. The first-order chi connectivity index (χ1) is 15.4. The summed E-state index contributed by atoms with van der Waals surface area (Å²) in [5.41, 5.74) is 0.536. The molecule has 1 aromatic rings. The number of hydrogen-bond donors (Lipinski definition) is 0. The van der Waals surface area contributed by atoms with Crippen molar-refractivity contribution >= 4 is 24.0 Å². The monoisotopic (exact) mass is 442 g/mol. The van der Waals surface area contributed by atoms with Gasteiger partial charge in [-0.3, -0.25) is 9.59 Å². The molecule has 0 spiro atoms. The van der Waals surface area contributed by atoms with E-state index in [1.54, 1.807) is 26.0 Å². The summed E-state index contributed by atoms with van der Waals surface area (Å²) in [7, 11) is 2.91. The molecule has 4 rings (SSSR count). The van der Waals surface area contributed by atoms with Crippen molar-refractivity contribution in [2.45, 2.75) is 26.4 Å². The molecule has 0 N–H and O–H groups in total. The van der Waals surface area contributed by atoms with Crippen molar-refractivity contribution in [1.29, 1.82) is 0 Å². The van der Waals surface area contributed by atoms with E-state index >= 15 is 0 Å². The third-order valence-electron chi connectivity index (χ3n) is 6.17. The Hall–Kier alpha value is -3.36. The van der Waals surface area contributed by atoms with Gasteiger partial charge in [0, 0.05) is 5.56 Å². The molecule has 9 nitrogen and oxygen atoms in total. The predicted octanol–water partition coefficient (Wildman–Crippen LogP) is 2.18. The molecule has 9 heteroatoms. The molecule has 0 unspecified atom stereocenters. The van der Waals surface area contributed by atoms with E-state index in [1.807, 2.05) is 12.2 Å². The molecule has 5 atom stereocenters. The summed E-state index contributed by atoms with van der Waals surface area (Å²) < 4.78 is 21.5. The Bertz CT molecular complexity index is 947. The topological polar surface area (TPSA) is 104 Å². The Kier molecular flexibility index (Phi) is 5.90. The number of amides is 2. The van der Waals surface area contributed by atoms with E-state index in [2.05, 4.69) is 5.10 Å². The fourth-order valence-electron chi connectivity index (χ4n) is 4.70. The number of methoxy groups -OCH3 is 2. The van der Waals surface area contributed by atoms with Crippen LogP contribution in [-0.2, 0) is 19.1 Å². The summed E-state index contributed by atoms with van der Waals surface area (Å²) in [4.78, 5) is 37.5. The molecule has 170 valence electrons. The van der Waals surface area contributed by atoms with Crippen LogP contribution in [0.3, 0.4) is 0 Å². The molecule has 3 aliphatic rings. The van der Waals surface area contributed by atoms with Crippen LogP contribution in [0.15, 0.2) is 29.4 Å². The second kappa shape index (κ2) is 8.64. The quantitative estimate of drug-likeness (QED) is 0.263. The Morgan fingerprint density at radius 3 is 2.19 bits per heavy atom. The zero-order valence-electron chi connectivity index (χ0n) is 18.4. The van der Waals surface area contributed by atoms with Gasteiger partial charge in [-0.25, -0.2) is 4.79 Å². The number of esters is 1. The van der Waals surface area contributed by atoms with Crippen molar-refractivity contribution < 1.29 is 33.3 Å². The fourth-order valence-corrected chi connectivity index (χ4v) is 4.70. The smallest absolute Gasteiger partial charge is 0.347 e. The minimum atomic E-state index is -0.875. The van der Waals surface area contributed by atoms with E-state index in [0.29, 0.717) is 17.1 Å². The van der Waals surface area contributed by atoms with Crippen molar-refractivity contribution in [3.63, 3.8) is 0 Å². The minimum Gasteiger partial charge on any atom is -0.493 e. The average molecular weight is 442 g/mol. The van der Waals surface area contributed by atoms with E-state index in [0.717, 1.165) is 11.4 Å². The molecule has 2 aliphatic carbocycles. The van der Waals surface area contributed by atoms with Crippen LogP contribution >= 0.6 is 0 Å². The Morgan fingerprint density at radius 2 is 1.69 bits per heavy atom. The number of nitrogens with zero attached hydrogens (tertiary/aromatic N) is 2. The van der Waals surface area contributed by atoms with E-state index in [4.69, 9.17) is 18.9 Å². The zero-order valence-corrected chi connectivity index (χ0v) is 18.4. The van der Waals surface area contributed by atoms with Gasteiger partial charge in [-0.15, -0.1) is 0 Å².